The summed E-state index contributed by atoms with van der Waals surface area (Å²) in [5, 5.41) is 3.38. The normalized spacial score (nSPS) is 22.0. The van der Waals surface area contributed by atoms with Gasteiger partial charge in [0.25, 0.3) is 0 Å². The molecule has 0 bridgehead atoms. The molecule has 2 saturated carbocycles. The number of carbonyl (C=O) groups is 1. The molecule has 2 heteroatoms. The van der Waals surface area contributed by atoms with E-state index >= 15 is 0 Å². The highest BCUT2D eigenvalue weighted by Crippen LogP contribution is 2.39. The van der Waals surface area contributed by atoms with Crippen molar-refractivity contribution in [1.29, 1.82) is 0 Å². The van der Waals surface area contributed by atoms with E-state index < -0.39 is 0 Å². The van der Waals surface area contributed by atoms with Crippen LogP contribution in [0, 0.1) is 17.8 Å². The average Bonchev–Trinajstić information content (AvgIpc) is 3.39. The van der Waals surface area contributed by atoms with Crippen molar-refractivity contribution < 1.29 is 4.79 Å². The first kappa shape index (κ1) is 15.6. The highest BCUT2D eigenvalue weighted by atomic mass is 16.1. The Bertz CT molecular complexity index is 474. The minimum absolute atomic E-state index is 0.209. The number of nitrogens with one attached hydrogen (secondary N) is 1. The van der Waals surface area contributed by atoms with Crippen LogP contribution in [-0.4, -0.2) is 5.91 Å². The van der Waals surface area contributed by atoms with Gasteiger partial charge in [-0.25, -0.2) is 0 Å². The minimum atomic E-state index is 0.209. The van der Waals surface area contributed by atoms with Crippen LogP contribution in [0.1, 0.15) is 69.9 Å². The highest BCUT2D eigenvalue weighted by molar-refractivity contribution is 5.76. The monoisotopic (exact) mass is 299 g/mol. The van der Waals surface area contributed by atoms with E-state index in [0.29, 0.717) is 18.3 Å². The van der Waals surface area contributed by atoms with E-state index in [1.54, 1.807) is 0 Å². The van der Waals surface area contributed by atoms with Crippen molar-refractivity contribution in [2.24, 2.45) is 17.8 Å². The van der Waals surface area contributed by atoms with Crippen LogP contribution < -0.4 is 5.32 Å². The third-order valence-corrected chi connectivity index (χ3v) is 5.53. The van der Waals surface area contributed by atoms with Crippen molar-refractivity contribution in [3.63, 3.8) is 0 Å². The Morgan fingerprint density at radius 3 is 2.36 bits per heavy atom. The second kappa shape index (κ2) is 7.30. The van der Waals surface area contributed by atoms with Gasteiger partial charge in [-0.05, 0) is 49.0 Å². The molecule has 0 saturated heterocycles. The van der Waals surface area contributed by atoms with Crippen molar-refractivity contribution in [3.05, 3.63) is 35.9 Å². The SMILES string of the molecule is CC(CC(=O)NC(c1ccccc1)C1CCCCC1)C1CC1. The fourth-order valence-corrected chi connectivity index (χ4v) is 3.96. The van der Waals surface area contributed by atoms with E-state index in [4.69, 9.17) is 0 Å². The zero-order valence-corrected chi connectivity index (χ0v) is 13.8. The Morgan fingerprint density at radius 1 is 1.05 bits per heavy atom. The van der Waals surface area contributed by atoms with Crippen LogP contribution in [0.15, 0.2) is 30.3 Å². The molecule has 3 rings (SSSR count). The molecular formula is C20H29NO. The van der Waals surface area contributed by atoms with Crippen LogP contribution in [0.2, 0.25) is 0 Å². The minimum Gasteiger partial charge on any atom is -0.349 e. The lowest BCUT2D eigenvalue weighted by Crippen LogP contribution is -2.35. The van der Waals surface area contributed by atoms with Crippen molar-refractivity contribution in [2.45, 2.75) is 64.3 Å². The lowest BCUT2D eigenvalue weighted by atomic mass is 9.81. The zero-order valence-electron chi connectivity index (χ0n) is 13.8. The van der Waals surface area contributed by atoms with Gasteiger partial charge in [0.2, 0.25) is 5.91 Å². The summed E-state index contributed by atoms with van der Waals surface area (Å²) in [7, 11) is 0. The zero-order chi connectivity index (χ0) is 15.4. The second-order valence-electron chi connectivity index (χ2n) is 7.37. The van der Waals surface area contributed by atoms with Crippen molar-refractivity contribution >= 4 is 5.91 Å². The summed E-state index contributed by atoms with van der Waals surface area (Å²) in [4.78, 5) is 12.5. The van der Waals surface area contributed by atoms with Crippen LogP contribution in [-0.2, 0) is 4.79 Å². The number of benzene rings is 1. The van der Waals surface area contributed by atoms with E-state index in [0.717, 1.165) is 5.92 Å². The van der Waals surface area contributed by atoms with Gasteiger partial charge in [0.15, 0.2) is 0 Å². The van der Waals surface area contributed by atoms with Crippen LogP contribution in [0.3, 0.4) is 0 Å². The number of hydrogen-bond acceptors (Lipinski definition) is 1. The summed E-state index contributed by atoms with van der Waals surface area (Å²) in [6, 6.07) is 10.8. The number of carbonyl (C=O) groups excluding carboxylic acids is 1. The van der Waals surface area contributed by atoms with E-state index in [-0.39, 0.29) is 11.9 Å². The van der Waals surface area contributed by atoms with Gasteiger partial charge in [-0.1, -0.05) is 56.5 Å². The van der Waals surface area contributed by atoms with Gasteiger partial charge in [0.1, 0.15) is 0 Å². The summed E-state index contributed by atoms with van der Waals surface area (Å²) in [6.45, 7) is 2.23. The largest absolute Gasteiger partial charge is 0.349 e. The summed E-state index contributed by atoms with van der Waals surface area (Å²) >= 11 is 0. The van der Waals surface area contributed by atoms with Gasteiger partial charge in [0.05, 0.1) is 6.04 Å². The molecule has 2 unspecified atom stereocenters. The molecule has 1 aromatic rings. The molecule has 120 valence electrons. The second-order valence-corrected chi connectivity index (χ2v) is 7.37. The number of rotatable bonds is 6. The van der Waals surface area contributed by atoms with Gasteiger partial charge >= 0.3 is 0 Å². The molecule has 1 amide bonds. The van der Waals surface area contributed by atoms with Gasteiger partial charge in [-0.2, -0.15) is 0 Å². The molecule has 0 spiro atoms. The summed E-state index contributed by atoms with van der Waals surface area (Å²) in [5.41, 5.74) is 1.28. The average molecular weight is 299 g/mol. The molecule has 1 aromatic carbocycles. The first-order chi connectivity index (χ1) is 10.7. The first-order valence-electron chi connectivity index (χ1n) is 9.08. The van der Waals surface area contributed by atoms with Crippen LogP contribution in [0.25, 0.3) is 0 Å². The third-order valence-electron chi connectivity index (χ3n) is 5.53. The van der Waals surface area contributed by atoms with Crippen molar-refractivity contribution in [3.8, 4) is 0 Å². The Balaban J connectivity index is 1.66. The molecule has 2 aliphatic rings. The maximum atomic E-state index is 12.5. The fraction of sp³-hybridized carbons (Fsp3) is 0.650. The predicted molar refractivity (Wildman–Crippen MR) is 90.4 cm³/mol. The fourth-order valence-electron chi connectivity index (χ4n) is 3.96. The van der Waals surface area contributed by atoms with E-state index in [1.807, 2.05) is 0 Å². The van der Waals surface area contributed by atoms with E-state index in [9.17, 15) is 4.79 Å². The van der Waals surface area contributed by atoms with Crippen molar-refractivity contribution in [2.75, 3.05) is 0 Å². The lowest BCUT2D eigenvalue weighted by Gasteiger charge is -2.31. The van der Waals surface area contributed by atoms with Gasteiger partial charge < -0.3 is 5.32 Å². The molecule has 0 heterocycles. The Hall–Kier alpha value is -1.31. The molecule has 0 aromatic heterocycles. The lowest BCUT2D eigenvalue weighted by molar-refractivity contribution is -0.123. The third kappa shape index (κ3) is 4.12. The van der Waals surface area contributed by atoms with E-state index in [1.165, 1.54) is 50.5 Å². The standard InChI is InChI=1S/C20H29NO/c1-15(16-12-13-16)14-19(22)21-20(17-8-4-2-5-9-17)18-10-6-3-7-11-18/h2,4-5,8-9,15-16,18,20H,3,6-7,10-14H2,1H3,(H,21,22). The van der Waals surface area contributed by atoms with Crippen LogP contribution >= 0.6 is 0 Å². The molecule has 2 fully saturated rings. The number of hydrogen-bond donors (Lipinski definition) is 1. The maximum Gasteiger partial charge on any atom is 0.220 e. The highest BCUT2D eigenvalue weighted by Gasteiger charge is 2.31. The Kier molecular flexibility index (Phi) is 5.17. The van der Waals surface area contributed by atoms with Crippen molar-refractivity contribution in [1.82, 2.24) is 5.32 Å². The van der Waals surface area contributed by atoms with Gasteiger partial charge in [-0.3, -0.25) is 4.79 Å². The van der Waals surface area contributed by atoms with Crippen LogP contribution in [0.5, 0.6) is 0 Å². The molecule has 2 atom stereocenters. The summed E-state index contributed by atoms with van der Waals surface area (Å²) in [5.74, 6) is 2.20. The van der Waals surface area contributed by atoms with Crippen LogP contribution in [0.4, 0.5) is 0 Å². The van der Waals surface area contributed by atoms with Gasteiger partial charge in [0, 0.05) is 6.42 Å². The maximum absolute atomic E-state index is 12.5. The molecule has 2 nitrogen and oxygen atoms in total. The van der Waals surface area contributed by atoms with Gasteiger partial charge in [-0.15, -0.1) is 0 Å². The molecule has 0 radical (unpaired) electrons. The molecule has 2 aliphatic carbocycles. The molecule has 0 aliphatic heterocycles. The molecule has 1 N–H and O–H groups in total. The summed E-state index contributed by atoms with van der Waals surface area (Å²) in [6.07, 6.45) is 9.80. The Morgan fingerprint density at radius 2 is 1.73 bits per heavy atom. The Labute approximate surface area is 134 Å². The first-order valence-corrected chi connectivity index (χ1v) is 9.08. The quantitative estimate of drug-likeness (QED) is 0.798. The number of amides is 1. The molecule has 22 heavy (non-hydrogen) atoms. The molecular weight excluding hydrogens is 270 g/mol. The summed E-state index contributed by atoms with van der Waals surface area (Å²) < 4.78 is 0. The van der Waals surface area contributed by atoms with E-state index in [2.05, 4.69) is 42.6 Å². The smallest absolute Gasteiger partial charge is 0.220 e. The predicted octanol–water partition coefficient (Wildman–Crippen LogP) is 4.86. The topological polar surface area (TPSA) is 29.1 Å².